The Morgan fingerprint density at radius 3 is 2.36 bits per heavy atom. The van der Waals surface area contributed by atoms with Gasteiger partial charge in [-0.25, -0.2) is 8.78 Å². The molecule has 1 saturated heterocycles. The molecule has 2 N–H and O–H groups in total. The second-order valence-electron chi connectivity index (χ2n) is 4.76. The molecule has 1 aromatic rings. The Balaban J connectivity index is 2.29. The Labute approximate surface area is 121 Å². The van der Waals surface area contributed by atoms with Gasteiger partial charge in [-0.15, -0.1) is 0 Å². The zero-order valence-corrected chi connectivity index (χ0v) is 11.2. The minimum atomic E-state index is -4.56. The van der Waals surface area contributed by atoms with Crippen molar-refractivity contribution in [2.75, 3.05) is 6.54 Å². The second kappa shape index (κ2) is 5.47. The summed E-state index contributed by atoms with van der Waals surface area (Å²) in [5.74, 6) is -4.58. The molecule has 2 rings (SSSR count). The van der Waals surface area contributed by atoms with E-state index in [1.165, 1.54) is 6.92 Å². The molecule has 1 unspecified atom stereocenters. The lowest BCUT2D eigenvalue weighted by Gasteiger charge is -2.21. The molecule has 1 atom stereocenters. The van der Waals surface area contributed by atoms with Gasteiger partial charge in [-0.2, -0.15) is 13.2 Å². The quantitative estimate of drug-likeness (QED) is 0.649. The van der Waals surface area contributed by atoms with Crippen molar-refractivity contribution < 1.29 is 31.9 Å². The summed E-state index contributed by atoms with van der Waals surface area (Å²) in [4.78, 5) is 12.4. The number of amides is 1. The molecular formula is C13H11F5N2O2. The molecule has 0 radical (unpaired) electrons. The fourth-order valence-corrected chi connectivity index (χ4v) is 2.04. The molecular weight excluding hydrogens is 311 g/mol. The van der Waals surface area contributed by atoms with Gasteiger partial charge < -0.3 is 15.3 Å². The highest BCUT2D eigenvalue weighted by molar-refractivity contribution is 5.99. The summed E-state index contributed by atoms with van der Waals surface area (Å²) in [6, 6.07) is 1.52. The van der Waals surface area contributed by atoms with E-state index in [0.29, 0.717) is 4.90 Å². The van der Waals surface area contributed by atoms with Gasteiger partial charge in [0.2, 0.25) is 0 Å². The van der Waals surface area contributed by atoms with E-state index in [4.69, 9.17) is 5.11 Å². The zero-order chi connectivity index (χ0) is 16.7. The molecule has 1 heterocycles. The number of benzene rings is 1. The van der Waals surface area contributed by atoms with Crippen molar-refractivity contribution in [3.63, 3.8) is 0 Å². The smallest absolute Gasteiger partial charge is 0.406 e. The number of hydrogen-bond donors (Lipinski definition) is 2. The summed E-state index contributed by atoms with van der Waals surface area (Å²) in [5, 5.41) is 11.5. The molecule has 0 spiro atoms. The number of phenolic OH excluding ortho intramolecular Hbond substituents is 1. The van der Waals surface area contributed by atoms with E-state index in [1.54, 1.807) is 0 Å². The van der Waals surface area contributed by atoms with Crippen LogP contribution in [0.25, 0.3) is 6.08 Å². The largest absolute Gasteiger partial charge is 0.503 e. The van der Waals surface area contributed by atoms with Crippen LogP contribution in [0.3, 0.4) is 0 Å². The lowest BCUT2D eigenvalue weighted by molar-refractivity contribution is -0.159. The van der Waals surface area contributed by atoms with Crippen molar-refractivity contribution in [3.8, 4) is 5.75 Å². The molecule has 22 heavy (non-hydrogen) atoms. The van der Waals surface area contributed by atoms with E-state index in [9.17, 15) is 26.7 Å². The molecule has 4 nitrogen and oxygen atoms in total. The lowest BCUT2D eigenvalue weighted by atomic mass is 10.1. The maximum atomic E-state index is 13.2. The van der Waals surface area contributed by atoms with Crippen molar-refractivity contribution >= 4 is 12.0 Å². The van der Waals surface area contributed by atoms with Gasteiger partial charge in [0, 0.05) is 0 Å². The highest BCUT2D eigenvalue weighted by Crippen LogP contribution is 2.25. The van der Waals surface area contributed by atoms with Crippen molar-refractivity contribution in [1.82, 2.24) is 10.2 Å². The first-order valence-electron chi connectivity index (χ1n) is 6.12. The first-order valence-corrected chi connectivity index (χ1v) is 6.12. The average molecular weight is 322 g/mol. The van der Waals surface area contributed by atoms with Crippen LogP contribution in [-0.4, -0.2) is 34.8 Å². The maximum absolute atomic E-state index is 13.2. The first-order chi connectivity index (χ1) is 10.1. The third kappa shape index (κ3) is 3.29. The maximum Gasteiger partial charge on any atom is 0.406 e. The van der Waals surface area contributed by atoms with Crippen LogP contribution in [0.1, 0.15) is 12.5 Å². The standard InChI is InChI=1S/C13H11F5N2O2/c1-6-19-10(12(22)20(6)5-13(16,17)18)4-7-2-8(14)11(21)9(15)3-7/h2-4,6,19,21H,5H2,1H3/b10-4-. The van der Waals surface area contributed by atoms with Crippen LogP contribution in [0.2, 0.25) is 0 Å². The molecule has 120 valence electrons. The fourth-order valence-electron chi connectivity index (χ4n) is 2.04. The lowest BCUT2D eigenvalue weighted by Crippen LogP contribution is -2.41. The fraction of sp³-hybridized carbons (Fsp3) is 0.308. The predicted molar refractivity (Wildman–Crippen MR) is 66.4 cm³/mol. The molecule has 0 aromatic heterocycles. The van der Waals surface area contributed by atoms with Crippen LogP contribution in [-0.2, 0) is 4.79 Å². The number of rotatable bonds is 2. The Bertz CT molecular complexity index is 619. The van der Waals surface area contributed by atoms with E-state index in [1.807, 2.05) is 0 Å². The van der Waals surface area contributed by atoms with E-state index in [2.05, 4.69) is 5.32 Å². The molecule has 0 saturated carbocycles. The minimum absolute atomic E-state index is 0.107. The van der Waals surface area contributed by atoms with Gasteiger partial charge in [0.05, 0.1) is 6.17 Å². The van der Waals surface area contributed by atoms with Gasteiger partial charge in [0.25, 0.3) is 5.91 Å². The number of aromatic hydroxyl groups is 1. The van der Waals surface area contributed by atoms with Crippen LogP contribution in [0.4, 0.5) is 22.0 Å². The Kier molecular flexibility index (Phi) is 3.99. The molecule has 1 amide bonds. The van der Waals surface area contributed by atoms with Gasteiger partial charge in [-0.1, -0.05) is 0 Å². The summed E-state index contributed by atoms with van der Waals surface area (Å²) >= 11 is 0. The van der Waals surface area contributed by atoms with Crippen LogP contribution < -0.4 is 5.32 Å². The number of halogens is 5. The molecule has 0 bridgehead atoms. The van der Waals surface area contributed by atoms with Crippen LogP contribution in [0.15, 0.2) is 17.8 Å². The number of nitrogens with zero attached hydrogens (tertiary/aromatic N) is 1. The average Bonchev–Trinajstić information content (AvgIpc) is 2.62. The number of nitrogens with one attached hydrogen (secondary N) is 1. The predicted octanol–water partition coefficient (Wildman–Crippen LogP) is 2.35. The first kappa shape index (κ1) is 16.1. The molecule has 1 aliphatic heterocycles. The third-order valence-corrected chi connectivity index (χ3v) is 3.02. The van der Waals surface area contributed by atoms with Crippen LogP contribution >= 0.6 is 0 Å². The summed E-state index contributed by atoms with van der Waals surface area (Å²) in [6.07, 6.45) is -4.45. The van der Waals surface area contributed by atoms with Gasteiger partial charge in [0.15, 0.2) is 17.4 Å². The highest BCUT2D eigenvalue weighted by atomic mass is 19.4. The second-order valence-corrected chi connectivity index (χ2v) is 4.76. The topological polar surface area (TPSA) is 52.6 Å². The van der Waals surface area contributed by atoms with Crippen molar-refractivity contribution in [2.24, 2.45) is 0 Å². The Morgan fingerprint density at radius 1 is 1.32 bits per heavy atom. The monoisotopic (exact) mass is 322 g/mol. The Hall–Kier alpha value is -2.32. The normalized spacial score (nSPS) is 20.6. The summed E-state index contributed by atoms with van der Waals surface area (Å²) in [5.41, 5.74) is -0.328. The molecule has 9 heteroatoms. The summed E-state index contributed by atoms with van der Waals surface area (Å²) < 4.78 is 63.6. The van der Waals surface area contributed by atoms with E-state index in [-0.39, 0.29) is 11.3 Å². The Morgan fingerprint density at radius 2 is 1.86 bits per heavy atom. The van der Waals surface area contributed by atoms with Crippen LogP contribution in [0, 0.1) is 11.6 Å². The van der Waals surface area contributed by atoms with E-state index >= 15 is 0 Å². The summed E-state index contributed by atoms with van der Waals surface area (Å²) in [7, 11) is 0. The van der Waals surface area contributed by atoms with Gasteiger partial charge in [-0.3, -0.25) is 4.79 Å². The number of alkyl halides is 3. The van der Waals surface area contributed by atoms with E-state index in [0.717, 1.165) is 18.2 Å². The zero-order valence-electron chi connectivity index (χ0n) is 11.2. The van der Waals surface area contributed by atoms with Crippen molar-refractivity contribution in [1.29, 1.82) is 0 Å². The molecule has 0 aliphatic carbocycles. The van der Waals surface area contributed by atoms with Crippen molar-refractivity contribution in [2.45, 2.75) is 19.3 Å². The van der Waals surface area contributed by atoms with Gasteiger partial charge in [-0.05, 0) is 30.7 Å². The van der Waals surface area contributed by atoms with Crippen LogP contribution in [0.5, 0.6) is 5.75 Å². The summed E-state index contributed by atoms with van der Waals surface area (Å²) in [6.45, 7) is -0.0852. The van der Waals surface area contributed by atoms with Crippen molar-refractivity contribution in [3.05, 3.63) is 35.0 Å². The minimum Gasteiger partial charge on any atom is -0.503 e. The van der Waals surface area contributed by atoms with E-state index < -0.39 is 42.2 Å². The molecule has 1 fully saturated rings. The molecule has 1 aromatic carbocycles. The van der Waals surface area contributed by atoms with Gasteiger partial charge in [0.1, 0.15) is 12.2 Å². The van der Waals surface area contributed by atoms with Gasteiger partial charge >= 0.3 is 6.18 Å². The number of carbonyl (C=O) groups is 1. The number of carbonyl (C=O) groups excluding carboxylic acids is 1. The third-order valence-electron chi connectivity index (χ3n) is 3.02. The molecule has 1 aliphatic rings. The SMILES string of the molecule is CC1N/C(=C\c2cc(F)c(O)c(F)c2)C(=O)N1CC(F)(F)F. The highest BCUT2D eigenvalue weighted by Gasteiger charge is 2.40. The number of hydrogen-bond acceptors (Lipinski definition) is 3. The number of phenols is 1.